The van der Waals surface area contributed by atoms with Crippen LogP contribution in [0.5, 0.6) is 0 Å². The summed E-state index contributed by atoms with van der Waals surface area (Å²) in [5.74, 6) is 4.79. The maximum atomic E-state index is 14.2. The zero-order chi connectivity index (χ0) is 18.6. The summed E-state index contributed by atoms with van der Waals surface area (Å²) in [7, 11) is 0. The Balaban J connectivity index is 1.83. The van der Waals surface area contributed by atoms with E-state index in [2.05, 4.69) is 15.3 Å². The molecule has 0 bridgehead atoms. The molecule has 4 aromatic rings. The first-order valence-electron chi connectivity index (χ1n) is 7.63. The molecule has 2 aromatic heterocycles. The Kier molecular flexibility index (Phi) is 3.36. The van der Waals surface area contributed by atoms with Gasteiger partial charge >= 0.3 is 6.18 Å². The van der Waals surface area contributed by atoms with Crippen molar-refractivity contribution in [2.75, 3.05) is 11.2 Å². The molecule has 0 saturated carbocycles. The molecule has 9 heteroatoms. The summed E-state index contributed by atoms with van der Waals surface area (Å²) in [6.07, 6.45) is -2.99. The van der Waals surface area contributed by atoms with Gasteiger partial charge in [0.15, 0.2) is 5.82 Å². The minimum absolute atomic E-state index is 0.0284. The summed E-state index contributed by atoms with van der Waals surface area (Å²) < 4.78 is 53.7. The molecule has 0 radical (unpaired) electrons. The highest BCUT2D eigenvalue weighted by Crippen LogP contribution is 2.34. The largest absolute Gasteiger partial charge is 0.416 e. The first kappa shape index (κ1) is 16.2. The lowest BCUT2D eigenvalue weighted by atomic mass is 10.1. The average molecular weight is 363 g/mol. The molecule has 0 atom stereocenters. The van der Waals surface area contributed by atoms with Crippen LogP contribution in [0.15, 0.2) is 36.5 Å². The fourth-order valence-corrected chi connectivity index (χ4v) is 2.89. The van der Waals surface area contributed by atoms with Gasteiger partial charge in [-0.05, 0) is 31.2 Å². The predicted octanol–water partition coefficient (Wildman–Crippen LogP) is 4.44. The van der Waals surface area contributed by atoms with Crippen molar-refractivity contribution in [1.82, 2.24) is 14.6 Å². The molecule has 0 fully saturated rings. The van der Waals surface area contributed by atoms with E-state index in [4.69, 9.17) is 5.84 Å². The van der Waals surface area contributed by atoms with Crippen LogP contribution in [-0.2, 0) is 6.18 Å². The van der Waals surface area contributed by atoms with Gasteiger partial charge in [-0.3, -0.25) is 0 Å². The minimum atomic E-state index is -4.67. The molecule has 2 aromatic carbocycles. The number of anilines is 2. The molecule has 0 aliphatic heterocycles. The molecule has 4 rings (SSSR count). The van der Waals surface area contributed by atoms with Gasteiger partial charge in [0, 0.05) is 17.1 Å². The third-order valence-electron chi connectivity index (χ3n) is 4.15. The number of imidazole rings is 1. The van der Waals surface area contributed by atoms with Gasteiger partial charge in [-0.25, -0.2) is 14.1 Å². The molecule has 0 unspecified atom stereocenters. The second kappa shape index (κ2) is 5.38. The number of hydrogen-bond acceptors (Lipinski definition) is 3. The van der Waals surface area contributed by atoms with Gasteiger partial charge < -0.3 is 16.1 Å². The van der Waals surface area contributed by atoms with E-state index in [1.54, 1.807) is 6.20 Å². The highest BCUT2D eigenvalue weighted by Gasteiger charge is 2.32. The Labute approximate surface area is 144 Å². The van der Waals surface area contributed by atoms with Gasteiger partial charge in [-0.1, -0.05) is 11.6 Å². The second-order valence-corrected chi connectivity index (χ2v) is 6.01. The molecule has 0 aliphatic carbocycles. The smallest absolute Gasteiger partial charge is 0.359 e. The topological polar surface area (TPSA) is 71.7 Å². The monoisotopic (exact) mass is 363 g/mol. The zero-order valence-electron chi connectivity index (χ0n) is 13.4. The minimum Gasteiger partial charge on any atom is -0.359 e. The van der Waals surface area contributed by atoms with Gasteiger partial charge in [-0.15, -0.1) is 0 Å². The number of benzene rings is 2. The fourth-order valence-electron chi connectivity index (χ4n) is 2.89. The standard InChI is InChI=1S/C17H13F4N5/c1-8-2-3-12-10(4-8)14(7-23-12)25-16-24-13-6-9(17(19,20)21)5-11(18)15(13)26(16)22/h2-7,23H,22H2,1H3,(H,24,25). The van der Waals surface area contributed by atoms with Gasteiger partial charge in [-0.2, -0.15) is 13.2 Å². The van der Waals surface area contributed by atoms with Gasteiger partial charge in [0.25, 0.3) is 0 Å². The number of alkyl halides is 3. The lowest BCUT2D eigenvalue weighted by Gasteiger charge is -2.07. The van der Waals surface area contributed by atoms with Crippen molar-refractivity contribution < 1.29 is 17.6 Å². The average Bonchev–Trinajstić information content (AvgIpc) is 3.09. The van der Waals surface area contributed by atoms with E-state index in [1.807, 2.05) is 25.1 Å². The maximum absolute atomic E-state index is 14.2. The van der Waals surface area contributed by atoms with Crippen molar-refractivity contribution in [3.05, 3.63) is 53.5 Å². The van der Waals surface area contributed by atoms with Crippen molar-refractivity contribution in [3.63, 3.8) is 0 Å². The predicted molar refractivity (Wildman–Crippen MR) is 91.2 cm³/mol. The first-order chi connectivity index (χ1) is 12.2. The lowest BCUT2D eigenvalue weighted by molar-refractivity contribution is -0.137. The van der Waals surface area contributed by atoms with Crippen LogP contribution in [0.2, 0.25) is 0 Å². The molecule has 0 spiro atoms. The Morgan fingerprint density at radius 3 is 2.69 bits per heavy atom. The number of hydrogen-bond donors (Lipinski definition) is 3. The van der Waals surface area contributed by atoms with Crippen LogP contribution in [0.4, 0.5) is 29.2 Å². The number of halogens is 4. The number of nitrogens with one attached hydrogen (secondary N) is 2. The third-order valence-corrected chi connectivity index (χ3v) is 4.15. The summed E-state index contributed by atoms with van der Waals surface area (Å²) >= 11 is 0. The summed E-state index contributed by atoms with van der Waals surface area (Å²) in [5.41, 5.74) is 1.01. The van der Waals surface area contributed by atoms with Crippen LogP contribution in [0.25, 0.3) is 21.9 Å². The molecule has 2 heterocycles. The SMILES string of the molecule is Cc1ccc2[nH]cc(Nc3nc4cc(C(F)(F)F)cc(F)c4n3N)c2c1. The molecule has 5 nitrogen and oxygen atoms in total. The molecular weight excluding hydrogens is 350 g/mol. The quantitative estimate of drug-likeness (QED) is 0.364. The van der Waals surface area contributed by atoms with E-state index in [1.165, 1.54) is 0 Å². The van der Waals surface area contributed by atoms with Crippen molar-refractivity contribution in [2.45, 2.75) is 13.1 Å². The van der Waals surface area contributed by atoms with E-state index in [0.29, 0.717) is 11.8 Å². The lowest BCUT2D eigenvalue weighted by Crippen LogP contribution is -2.13. The maximum Gasteiger partial charge on any atom is 0.416 e. The Bertz CT molecular complexity index is 1140. The Morgan fingerprint density at radius 1 is 1.19 bits per heavy atom. The number of aromatic nitrogens is 3. The normalized spacial score (nSPS) is 12.2. The number of H-pyrrole nitrogens is 1. The van der Waals surface area contributed by atoms with Gasteiger partial charge in [0.1, 0.15) is 5.52 Å². The van der Waals surface area contributed by atoms with E-state index in [-0.39, 0.29) is 17.0 Å². The Morgan fingerprint density at radius 2 is 1.96 bits per heavy atom. The summed E-state index contributed by atoms with van der Waals surface area (Å²) in [4.78, 5) is 7.09. The number of rotatable bonds is 2. The second-order valence-electron chi connectivity index (χ2n) is 6.01. The third kappa shape index (κ3) is 2.52. The summed E-state index contributed by atoms with van der Waals surface area (Å²) in [6, 6.07) is 6.95. The van der Waals surface area contributed by atoms with E-state index in [9.17, 15) is 17.6 Å². The van der Waals surface area contributed by atoms with Crippen LogP contribution < -0.4 is 11.2 Å². The molecule has 0 saturated heterocycles. The van der Waals surface area contributed by atoms with Crippen molar-refractivity contribution in [2.24, 2.45) is 0 Å². The first-order valence-corrected chi connectivity index (χ1v) is 7.63. The highest BCUT2D eigenvalue weighted by atomic mass is 19.4. The fraction of sp³-hybridized carbons (Fsp3) is 0.118. The van der Waals surface area contributed by atoms with E-state index in [0.717, 1.165) is 27.2 Å². The van der Waals surface area contributed by atoms with Crippen LogP contribution in [0, 0.1) is 12.7 Å². The van der Waals surface area contributed by atoms with E-state index < -0.39 is 17.6 Å². The number of nitrogens with zero attached hydrogens (tertiary/aromatic N) is 2. The molecule has 4 N–H and O–H groups in total. The number of aromatic amines is 1. The van der Waals surface area contributed by atoms with Crippen molar-refractivity contribution in [3.8, 4) is 0 Å². The number of fused-ring (bicyclic) bond motifs is 2. The molecule has 0 amide bonds. The molecular formula is C17H13F4N5. The highest BCUT2D eigenvalue weighted by molar-refractivity contribution is 5.94. The number of nitrogens with two attached hydrogens (primary N) is 1. The molecule has 26 heavy (non-hydrogen) atoms. The van der Waals surface area contributed by atoms with Gasteiger partial charge in [0.05, 0.1) is 16.8 Å². The zero-order valence-corrected chi connectivity index (χ0v) is 13.4. The van der Waals surface area contributed by atoms with Crippen LogP contribution >= 0.6 is 0 Å². The van der Waals surface area contributed by atoms with Gasteiger partial charge in [0.2, 0.25) is 5.95 Å². The number of aryl methyl sites for hydroxylation is 1. The van der Waals surface area contributed by atoms with Crippen molar-refractivity contribution >= 4 is 33.6 Å². The van der Waals surface area contributed by atoms with Crippen LogP contribution in [-0.4, -0.2) is 14.6 Å². The Hall–Kier alpha value is -3.23. The van der Waals surface area contributed by atoms with Crippen molar-refractivity contribution in [1.29, 1.82) is 0 Å². The molecule has 134 valence electrons. The van der Waals surface area contributed by atoms with E-state index >= 15 is 0 Å². The van der Waals surface area contributed by atoms with Crippen LogP contribution in [0.3, 0.4) is 0 Å². The summed E-state index contributed by atoms with van der Waals surface area (Å²) in [5, 5.41) is 3.80. The number of nitrogen functional groups attached to an aromatic ring is 1. The molecule has 0 aliphatic rings. The van der Waals surface area contributed by atoms with Crippen LogP contribution in [0.1, 0.15) is 11.1 Å². The summed E-state index contributed by atoms with van der Waals surface area (Å²) in [6.45, 7) is 1.93.